The van der Waals surface area contributed by atoms with E-state index in [1.54, 1.807) is 0 Å². The number of carbonyl (C=O) groups is 1. The second-order valence-corrected chi connectivity index (χ2v) is 15.1. The van der Waals surface area contributed by atoms with E-state index in [1.807, 2.05) is 6.08 Å². The van der Waals surface area contributed by atoms with Crippen LogP contribution >= 0.6 is 0 Å². The average molecular weight is 887 g/mol. The molecule has 5 nitrogen and oxygen atoms in total. The zero-order valence-corrected chi connectivity index (χ0v) is 36.1. The predicted octanol–water partition coefficient (Wildman–Crippen LogP) is 13.2. The molecule has 6 heteroatoms. The van der Waals surface area contributed by atoms with Gasteiger partial charge in [0, 0.05) is 61.0 Å². The van der Waals surface area contributed by atoms with E-state index < -0.39 is 0 Å². The molecule has 2 aromatic heterocycles. The summed E-state index contributed by atoms with van der Waals surface area (Å²) < 4.78 is 2.22. The Balaban J connectivity index is 0.000000284. The molecule has 4 aromatic carbocycles. The molecule has 0 saturated carbocycles. The van der Waals surface area contributed by atoms with Crippen LogP contribution in [0.15, 0.2) is 78.5 Å². The maximum absolute atomic E-state index is 12.2. The van der Waals surface area contributed by atoms with E-state index in [0.717, 1.165) is 59.5 Å². The first-order valence-corrected chi connectivity index (χ1v) is 19.5. The Bertz CT molecular complexity index is 2200. The molecular weight excluding hydrogens is 829 g/mol. The van der Waals surface area contributed by atoms with Gasteiger partial charge in [-0.1, -0.05) is 153 Å². The molecule has 0 fully saturated rings. The largest absolute Gasteiger partial charge is 0.685 e. The Morgan fingerprint density at radius 3 is 1.94 bits per heavy atom. The third-order valence-electron chi connectivity index (χ3n) is 10.5. The number of aromatic nitrogens is 3. The van der Waals surface area contributed by atoms with Crippen molar-refractivity contribution in [2.75, 3.05) is 0 Å². The van der Waals surface area contributed by atoms with Crippen LogP contribution in [0.2, 0.25) is 0 Å². The zero-order valence-electron chi connectivity index (χ0n) is 33.7. The van der Waals surface area contributed by atoms with Gasteiger partial charge in [0.25, 0.3) is 0 Å². The van der Waals surface area contributed by atoms with Gasteiger partial charge >= 0.3 is 0 Å². The van der Waals surface area contributed by atoms with Crippen LogP contribution in [-0.2, 0) is 31.9 Å². The van der Waals surface area contributed by atoms with Crippen LogP contribution in [0.25, 0.3) is 60.1 Å². The summed E-state index contributed by atoms with van der Waals surface area (Å²) in [5.74, 6) is 2.35. The predicted molar refractivity (Wildman–Crippen MR) is 223 cm³/mol. The fourth-order valence-corrected chi connectivity index (χ4v) is 7.45. The first-order valence-electron chi connectivity index (χ1n) is 19.5. The second kappa shape index (κ2) is 18.5. The van der Waals surface area contributed by atoms with Crippen LogP contribution in [0.3, 0.4) is 0 Å². The number of rotatable bonds is 12. The molecule has 0 aliphatic heterocycles. The molecule has 6 aromatic rings. The number of ketones is 1. The molecule has 1 radical (unpaired) electrons. The second-order valence-electron chi connectivity index (χ2n) is 15.1. The van der Waals surface area contributed by atoms with Gasteiger partial charge in [-0.05, 0) is 41.7 Å². The number of benzene rings is 4. The molecule has 0 spiro atoms. The first-order chi connectivity index (χ1) is 24.9. The van der Waals surface area contributed by atoms with E-state index in [1.165, 1.54) is 38.0 Å². The van der Waals surface area contributed by atoms with E-state index in [0.29, 0.717) is 11.8 Å². The molecule has 6 rings (SSSR count). The van der Waals surface area contributed by atoms with Gasteiger partial charge in [0.1, 0.15) is 11.5 Å². The van der Waals surface area contributed by atoms with Crippen LogP contribution in [-0.4, -0.2) is 26.4 Å². The van der Waals surface area contributed by atoms with Crippen molar-refractivity contribution in [2.45, 2.75) is 113 Å². The van der Waals surface area contributed by atoms with Crippen molar-refractivity contribution in [3.05, 3.63) is 101 Å². The van der Waals surface area contributed by atoms with Gasteiger partial charge in [-0.25, -0.2) is 4.98 Å². The van der Waals surface area contributed by atoms with Crippen molar-refractivity contribution in [2.24, 2.45) is 18.9 Å². The molecule has 0 N–H and O–H groups in total. The van der Waals surface area contributed by atoms with Crippen LogP contribution in [0.1, 0.15) is 118 Å². The van der Waals surface area contributed by atoms with Crippen LogP contribution in [0.4, 0.5) is 0 Å². The number of fused-ring (bicyclic) bond motifs is 6. The molecule has 2 heterocycles. The molecular formula is C47H58IrN4O-2. The summed E-state index contributed by atoms with van der Waals surface area (Å²) in [5, 5.41) is 11.9. The van der Waals surface area contributed by atoms with Crippen molar-refractivity contribution < 1.29 is 24.9 Å². The van der Waals surface area contributed by atoms with Crippen molar-refractivity contribution in [3.63, 3.8) is 0 Å². The summed E-state index contributed by atoms with van der Waals surface area (Å²) >= 11 is 0. The summed E-state index contributed by atoms with van der Waals surface area (Å²) in [6, 6.07) is 27.8. The molecule has 53 heavy (non-hydrogen) atoms. The van der Waals surface area contributed by atoms with Gasteiger partial charge in [-0.15, -0.1) is 29.3 Å². The number of hydrogen-bond donors (Lipinski definition) is 0. The van der Waals surface area contributed by atoms with Gasteiger partial charge < -0.3 is 9.88 Å². The number of aryl methyl sites for hydroxylation is 1. The van der Waals surface area contributed by atoms with E-state index in [2.05, 4.69) is 159 Å². The summed E-state index contributed by atoms with van der Waals surface area (Å²) in [5.41, 5.74) is 6.50. The molecule has 0 aliphatic rings. The minimum Gasteiger partial charge on any atom is -0.685 e. The third-order valence-corrected chi connectivity index (χ3v) is 10.5. The minimum atomic E-state index is 0. The van der Waals surface area contributed by atoms with Crippen molar-refractivity contribution >= 4 is 49.3 Å². The van der Waals surface area contributed by atoms with E-state index in [9.17, 15) is 4.79 Å². The van der Waals surface area contributed by atoms with Crippen LogP contribution in [0.5, 0.6) is 0 Å². The van der Waals surface area contributed by atoms with Crippen molar-refractivity contribution in [1.29, 1.82) is 0 Å². The molecule has 0 bridgehead atoms. The van der Waals surface area contributed by atoms with Gasteiger partial charge in [0.2, 0.25) is 0 Å². The molecule has 0 amide bonds. The summed E-state index contributed by atoms with van der Waals surface area (Å²) in [6.07, 6.45) is 5.76. The summed E-state index contributed by atoms with van der Waals surface area (Å²) in [6.45, 7) is 21.4. The molecule has 0 unspecified atom stereocenters. The van der Waals surface area contributed by atoms with E-state index >= 15 is 0 Å². The molecule has 0 aliphatic carbocycles. The minimum absolute atomic E-state index is 0. The topological polar surface area (TPSA) is 61.9 Å². The molecule has 283 valence electrons. The zero-order chi connectivity index (χ0) is 37.7. The van der Waals surface area contributed by atoms with Crippen molar-refractivity contribution in [1.82, 2.24) is 14.5 Å². The van der Waals surface area contributed by atoms with Gasteiger partial charge in [0.05, 0.1) is 0 Å². The average Bonchev–Trinajstić information content (AvgIpc) is 3.43. The SMILES string of the molecule is CC(C)c1nc(-c2[c-]cc(C(C)C)c3ccccc23)c2c3c4ccccc4ccc3n(C)c2n1.CCC(CC)C(=O)/C=C(\[N-]C(C)C)C(CC)CC.[Ir]. The van der Waals surface area contributed by atoms with Gasteiger partial charge in [0.15, 0.2) is 5.78 Å². The number of allylic oxidation sites excluding steroid dienone is 2. The fraction of sp³-hybridized carbons (Fsp3) is 0.426. The summed E-state index contributed by atoms with van der Waals surface area (Å²) in [4.78, 5) is 22.5. The van der Waals surface area contributed by atoms with E-state index in [4.69, 9.17) is 9.97 Å². The Hall–Kier alpha value is -3.86. The maximum Gasteiger partial charge on any atom is 0.157 e. The Kier molecular flexibility index (Phi) is 14.6. The number of nitrogens with zero attached hydrogens (tertiary/aromatic N) is 4. The fourth-order valence-electron chi connectivity index (χ4n) is 7.45. The van der Waals surface area contributed by atoms with Crippen LogP contribution < -0.4 is 0 Å². The number of carbonyl (C=O) groups excluding carboxylic acids is 1. The molecule has 0 saturated heterocycles. The standard InChI is InChI=1S/C31H28N3.C16H31NO.Ir/c1-18(2)21-15-16-25(24-13-9-8-12-23(21)24)29-28-27-22-11-7-6-10-20(22)14-17-26(27)34(5)31(28)33-30(32-29)19(3)4;1-7-13(8-2)15(17-12(5)6)11-16(18)14(9-3)10-4;/h6-15,17-19H,1-5H3;11-14H,7-10H2,1-6H3,(H,17,18);/q-1;;/p-1. The Morgan fingerprint density at radius 1 is 0.755 bits per heavy atom. The normalized spacial score (nSPS) is 12.1. The Labute approximate surface area is 331 Å². The smallest absolute Gasteiger partial charge is 0.157 e. The monoisotopic (exact) mass is 887 g/mol. The first kappa shape index (κ1) is 41.9. The van der Waals surface area contributed by atoms with Gasteiger partial charge in [-0.2, -0.15) is 5.70 Å². The van der Waals surface area contributed by atoms with E-state index in [-0.39, 0.29) is 43.8 Å². The third kappa shape index (κ3) is 8.76. The van der Waals surface area contributed by atoms with Crippen LogP contribution in [0, 0.1) is 17.9 Å². The maximum atomic E-state index is 12.2. The Morgan fingerprint density at radius 2 is 1.36 bits per heavy atom. The number of hydrogen-bond acceptors (Lipinski definition) is 3. The van der Waals surface area contributed by atoms with Crippen molar-refractivity contribution in [3.8, 4) is 11.3 Å². The molecule has 0 atom stereocenters. The van der Waals surface area contributed by atoms with Gasteiger partial charge in [-0.3, -0.25) is 9.78 Å². The quantitative estimate of drug-likeness (QED) is 0.0908. The summed E-state index contributed by atoms with van der Waals surface area (Å²) in [7, 11) is 2.12.